The standard InChI is InChI=1S/C7H6N4S/c1(6-3-8-5-9-6)2-7-4-10-12-11-7/h1-5H,(H,8,9). The molecule has 0 aliphatic rings. The van der Waals surface area contributed by atoms with Gasteiger partial charge < -0.3 is 4.98 Å². The van der Waals surface area contributed by atoms with Gasteiger partial charge in [0.25, 0.3) is 0 Å². The first kappa shape index (κ1) is 7.17. The Labute approximate surface area is 73.3 Å². The summed E-state index contributed by atoms with van der Waals surface area (Å²) in [6.45, 7) is 0. The first-order valence-electron chi connectivity index (χ1n) is 3.39. The summed E-state index contributed by atoms with van der Waals surface area (Å²) in [7, 11) is 0. The number of H-pyrrole nitrogens is 1. The second-order valence-electron chi connectivity index (χ2n) is 2.17. The fourth-order valence-corrected chi connectivity index (χ4v) is 1.18. The van der Waals surface area contributed by atoms with Crippen LogP contribution >= 0.6 is 11.7 Å². The summed E-state index contributed by atoms with van der Waals surface area (Å²) in [5.74, 6) is 0. The maximum absolute atomic E-state index is 4.03. The van der Waals surface area contributed by atoms with E-state index in [0.29, 0.717) is 0 Å². The SMILES string of the molecule is C(=Cc1cnc[nH]1)c1cnsn1. The lowest BCUT2D eigenvalue weighted by Crippen LogP contribution is -1.69. The molecule has 0 bridgehead atoms. The van der Waals surface area contributed by atoms with Gasteiger partial charge in [-0.05, 0) is 12.2 Å². The van der Waals surface area contributed by atoms with Gasteiger partial charge in [-0.1, -0.05) is 0 Å². The van der Waals surface area contributed by atoms with Crippen LogP contribution in [0.2, 0.25) is 0 Å². The third-order valence-corrected chi connectivity index (χ3v) is 1.82. The van der Waals surface area contributed by atoms with E-state index in [0.717, 1.165) is 11.4 Å². The van der Waals surface area contributed by atoms with Gasteiger partial charge in [-0.15, -0.1) is 0 Å². The molecule has 0 radical (unpaired) electrons. The van der Waals surface area contributed by atoms with E-state index in [9.17, 15) is 0 Å². The Hall–Kier alpha value is -1.49. The lowest BCUT2D eigenvalue weighted by molar-refractivity contribution is 1.31. The Kier molecular flexibility index (Phi) is 1.96. The molecule has 0 aliphatic heterocycles. The molecular weight excluding hydrogens is 172 g/mol. The van der Waals surface area contributed by atoms with Crippen LogP contribution < -0.4 is 0 Å². The molecule has 4 nitrogen and oxygen atoms in total. The van der Waals surface area contributed by atoms with Gasteiger partial charge >= 0.3 is 0 Å². The summed E-state index contributed by atoms with van der Waals surface area (Å²) < 4.78 is 7.90. The fourth-order valence-electron chi connectivity index (χ4n) is 0.778. The summed E-state index contributed by atoms with van der Waals surface area (Å²) in [6, 6.07) is 0. The predicted molar refractivity (Wildman–Crippen MR) is 47.4 cm³/mol. The average molecular weight is 178 g/mol. The Morgan fingerprint density at radius 1 is 1.33 bits per heavy atom. The van der Waals surface area contributed by atoms with E-state index in [-0.39, 0.29) is 0 Å². The molecule has 0 fully saturated rings. The molecule has 60 valence electrons. The highest BCUT2D eigenvalue weighted by Crippen LogP contribution is 2.02. The van der Waals surface area contributed by atoms with Crippen LogP contribution in [0.4, 0.5) is 0 Å². The van der Waals surface area contributed by atoms with Crippen molar-refractivity contribution >= 4 is 23.9 Å². The van der Waals surface area contributed by atoms with Gasteiger partial charge in [0, 0.05) is 0 Å². The highest BCUT2D eigenvalue weighted by molar-refractivity contribution is 6.99. The highest BCUT2D eigenvalue weighted by Gasteiger charge is 1.89. The molecule has 0 unspecified atom stereocenters. The second-order valence-corrected chi connectivity index (χ2v) is 2.73. The smallest absolute Gasteiger partial charge is 0.0970 e. The van der Waals surface area contributed by atoms with Crippen molar-refractivity contribution in [1.82, 2.24) is 18.7 Å². The summed E-state index contributed by atoms with van der Waals surface area (Å²) in [5.41, 5.74) is 1.83. The van der Waals surface area contributed by atoms with Gasteiger partial charge in [0.2, 0.25) is 0 Å². The minimum atomic E-state index is 0.870. The number of aromatic amines is 1. The normalized spacial score (nSPS) is 11.0. The van der Waals surface area contributed by atoms with Crippen molar-refractivity contribution in [2.75, 3.05) is 0 Å². The third kappa shape index (κ3) is 1.57. The number of rotatable bonds is 2. The molecule has 2 heterocycles. The van der Waals surface area contributed by atoms with Crippen molar-refractivity contribution in [1.29, 1.82) is 0 Å². The van der Waals surface area contributed by atoms with E-state index in [1.165, 1.54) is 11.7 Å². The average Bonchev–Trinajstić information content (AvgIpc) is 2.74. The molecule has 2 aromatic rings. The Morgan fingerprint density at radius 3 is 3.00 bits per heavy atom. The van der Waals surface area contributed by atoms with Gasteiger partial charge in [0.05, 0.1) is 41.8 Å². The van der Waals surface area contributed by atoms with Crippen molar-refractivity contribution in [2.24, 2.45) is 0 Å². The van der Waals surface area contributed by atoms with E-state index in [1.807, 2.05) is 12.2 Å². The first-order chi connectivity index (χ1) is 5.95. The topological polar surface area (TPSA) is 54.5 Å². The summed E-state index contributed by atoms with van der Waals surface area (Å²) >= 11 is 1.20. The van der Waals surface area contributed by atoms with Crippen LogP contribution in [0, 0.1) is 0 Å². The van der Waals surface area contributed by atoms with Crippen molar-refractivity contribution < 1.29 is 0 Å². The summed E-state index contributed by atoms with van der Waals surface area (Å²) in [6.07, 6.45) is 8.90. The lowest BCUT2D eigenvalue weighted by atomic mass is 10.3. The zero-order valence-corrected chi connectivity index (χ0v) is 6.95. The largest absolute Gasteiger partial charge is 0.345 e. The van der Waals surface area contributed by atoms with Crippen molar-refractivity contribution in [2.45, 2.75) is 0 Å². The van der Waals surface area contributed by atoms with E-state index in [4.69, 9.17) is 0 Å². The number of imidazole rings is 1. The van der Waals surface area contributed by atoms with Gasteiger partial charge in [-0.25, -0.2) is 4.98 Å². The molecule has 1 N–H and O–H groups in total. The van der Waals surface area contributed by atoms with Gasteiger partial charge in [-0.2, -0.15) is 8.75 Å². The van der Waals surface area contributed by atoms with Crippen LogP contribution in [0.5, 0.6) is 0 Å². The summed E-state index contributed by atoms with van der Waals surface area (Å²) in [5, 5.41) is 0. The number of hydrogen-bond acceptors (Lipinski definition) is 4. The summed E-state index contributed by atoms with van der Waals surface area (Å²) in [4.78, 5) is 6.84. The van der Waals surface area contributed by atoms with Crippen molar-refractivity contribution in [3.63, 3.8) is 0 Å². The van der Waals surface area contributed by atoms with Gasteiger partial charge in [0.1, 0.15) is 0 Å². The van der Waals surface area contributed by atoms with E-state index in [1.54, 1.807) is 18.7 Å². The maximum Gasteiger partial charge on any atom is 0.0970 e. The van der Waals surface area contributed by atoms with Crippen LogP contribution in [0.15, 0.2) is 18.7 Å². The molecule has 0 aliphatic carbocycles. The van der Waals surface area contributed by atoms with Crippen molar-refractivity contribution in [3.05, 3.63) is 30.1 Å². The van der Waals surface area contributed by atoms with Crippen LogP contribution in [-0.2, 0) is 0 Å². The number of nitrogens with one attached hydrogen (secondary N) is 1. The Bertz CT molecular complexity index is 312. The molecule has 0 atom stereocenters. The second kappa shape index (κ2) is 3.27. The monoisotopic (exact) mass is 178 g/mol. The Morgan fingerprint density at radius 2 is 2.33 bits per heavy atom. The molecule has 2 rings (SSSR count). The van der Waals surface area contributed by atoms with E-state index < -0.39 is 0 Å². The minimum Gasteiger partial charge on any atom is -0.345 e. The van der Waals surface area contributed by atoms with Crippen LogP contribution in [0.1, 0.15) is 11.4 Å². The number of hydrogen-bond donors (Lipinski definition) is 1. The lowest BCUT2D eigenvalue weighted by Gasteiger charge is -1.80. The molecule has 0 aromatic carbocycles. The molecule has 0 saturated carbocycles. The quantitative estimate of drug-likeness (QED) is 0.756. The predicted octanol–water partition coefficient (Wildman–Crippen LogP) is 1.43. The zero-order valence-electron chi connectivity index (χ0n) is 6.14. The molecule has 5 heteroatoms. The van der Waals surface area contributed by atoms with Gasteiger partial charge in [0.15, 0.2) is 0 Å². The van der Waals surface area contributed by atoms with Gasteiger partial charge in [-0.3, -0.25) is 0 Å². The molecule has 0 saturated heterocycles. The molecule has 0 amide bonds. The molecule has 2 aromatic heterocycles. The van der Waals surface area contributed by atoms with Crippen LogP contribution in [-0.4, -0.2) is 18.7 Å². The number of aromatic nitrogens is 4. The highest BCUT2D eigenvalue weighted by atomic mass is 32.1. The Balaban J connectivity index is 2.14. The van der Waals surface area contributed by atoms with Crippen LogP contribution in [0.25, 0.3) is 12.2 Å². The minimum absolute atomic E-state index is 0.870. The molecule has 12 heavy (non-hydrogen) atoms. The maximum atomic E-state index is 4.03. The number of nitrogens with zero attached hydrogens (tertiary/aromatic N) is 3. The molecule has 0 spiro atoms. The van der Waals surface area contributed by atoms with Crippen molar-refractivity contribution in [3.8, 4) is 0 Å². The third-order valence-electron chi connectivity index (χ3n) is 1.33. The van der Waals surface area contributed by atoms with Crippen LogP contribution in [0.3, 0.4) is 0 Å². The molecular formula is C7H6N4S. The van der Waals surface area contributed by atoms with E-state index >= 15 is 0 Å². The fraction of sp³-hybridized carbons (Fsp3) is 0. The first-order valence-corrected chi connectivity index (χ1v) is 4.12. The van der Waals surface area contributed by atoms with E-state index in [2.05, 4.69) is 18.7 Å². The zero-order chi connectivity index (χ0) is 8.23.